The SMILES string of the molecule is CCCCC(CC)CNCC1CO1. The zero-order valence-electron chi connectivity index (χ0n) is 9.01. The molecule has 2 unspecified atom stereocenters. The summed E-state index contributed by atoms with van der Waals surface area (Å²) in [5.41, 5.74) is 0. The van der Waals surface area contributed by atoms with Gasteiger partial charge in [-0.05, 0) is 18.9 Å². The topological polar surface area (TPSA) is 24.6 Å². The van der Waals surface area contributed by atoms with Crippen LogP contribution in [0.15, 0.2) is 0 Å². The first-order valence-corrected chi connectivity index (χ1v) is 5.69. The third-order valence-electron chi connectivity index (χ3n) is 2.75. The summed E-state index contributed by atoms with van der Waals surface area (Å²) in [5, 5.41) is 3.48. The van der Waals surface area contributed by atoms with Gasteiger partial charge in [0.25, 0.3) is 0 Å². The molecule has 1 heterocycles. The molecule has 2 nitrogen and oxygen atoms in total. The summed E-state index contributed by atoms with van der Waals surface area (Å²) >= 11 is 0. The van der Waals surface area contributed by atoms with Gasteiger partial charge in [0.2, 0.25) is 0 Å². The maximum atomic E-state index is 5.14. The largest absolute Gasteiger partial charge is 0.372 e. The third-order valence-corrected chi connectivity index (χ3v) is 2.75. The molecule has 1 rings (SSSR count). The van der Waals surface area contributed by atoms with Crippen molar-refractivity contribution in [2.45, 2.75) is 45.6 Å². The number of ether oxygens (including phenoxy) is 1. The second-order valence-electron chi connectivity index (χ2n) is 4.03. The van der Waals surface area contributed by atoms with Crippen LogP contribution in [0.2, 0.25) is 0 Å². The number of rotatable bonds is 8. The van der Waals surface area contributed by atoms with E-state index in [-0.39, 0.29) is 0 Å². The monoisotopic (exact) mass is 185 g/mol. The second kappa shape index (κ2) is 6.39. The highest BCUT2D eigenvalue weighted by atomic mass is 16.6. The summed E-state index contributed by atoms with van der Waals surface area (Å²) in [7, 11) is 0. The normalized spacial score (nSPS) is 23.1. The molecule has 0 bridgehead atoms. The number of epoxide rings is 1. The van der Waals surface area contributed by atoms with Gasteiger partial charge in [-0.1, -0.05) is 33.1 Å². The summed E-state index contributed by atoms with van der Waals surface area (Å²) in [5.74, 6) is 0.874. The maximum Gasteiger partial charge on any atom is 0.0933 e. The van der Waals surface area contributed by atoms with Crippen molar-refractivity contribution >= 4 is 0 Å². The molecule has 1 aliphatic heterocycles. The van der Waals surface area contributed by atoms with E-state index in [2.05, 4.69) is 19.2 Å². The number of nitrogens with one attached hydrogen (secondary N) is 1. The fourth-order valence-electron chi connectivity index (χ4n) is 1.58. The van der Waals surface area contributed by atoms with Gasteiger partial charge in [0, 0.05) is 6.54 Å². The van der Waals surface area contributed by atoms with E-state index >= 15 is 0 Å². The molecule has 0 aromatic rings. The van der Waals surface area contributed by atoms with E-state index in [1.165, 1.54) is 32.2 Å². The summed E-state index contributed by atoms with van der Waals surface area (Å²) in [6.07, 6.45) is 5.91. The average molecular weight is 185 g/mol. The number of hydrogen-bond acceptors (Lipinski definition) is 2. The highest BCUT2D eigenvalue weighted by Gasteiger charge is 2.21. The Labute approximate surface area is 82.0 Å². The number of hydrogen-bond donors (Lipinski definition) is 1. The Bertz CT molecular complexity index is 123. The molecule has 0 aromatic heterocycles. The van der Waals surface area contributed by atoms with Crippen LogP contribution in [0.3, 0.4) is 0 Å². The molecule has 2 atom stereocenters. The Balaban J connectivity index is 1.93. The summed E-state index contributed by atoms with van der Waals surface area (Å²) in [6, 6.07) is 0. The van der Waals surface area contributed by atoms with Gasteiger partial charge in [-0.3, -0.25) is 0 Å². The van der Waals surface area contributed by atoms with Crippen LogP contribution in [0.4, 0.5) is 0 Å². The number of unbranched alkanes of at least 4 members (excludes halogenated alkanes) is 1. The minimum absolute atomic E-state index is 0.531. The second-order valence-corrected chi connectivity index (χ2v) is 4.03. The first-order valence-electron chi connectivity index (χ1n) is 5.69. The van der Waals surface area contributed by atoms with E-state index in [0.29, 0.717) is 6.10 Å². The van der Waals surface area contributed by atoms with Gasteiger partial charge in [-0.2, -0.15) is 0 Å². The fourth-order valence-corrected chi connectivity index (χ4v) is 1.58. The first kappa shape index (κ1) is 11.0. The van der Waals surface area contributed by atoms with E-state index in [9.17, 15) is 0 Å². The van der Waals surface area contributed by atoms with Crippen molar-refractivity contribution in [3.63, 3.8) is 0 Å². The smallest absolute Gasteiger partial charge is 0.0933 e. The molecule has 1 aliphatic rings. The molecule has 2 heteroatoms. The molecule has 0 spiro atoms. The standard InChI is InChI=1S/C11H23NO/c1-3-5-6-10(4-2)7-12-8-11-9-13-11/h10-12H,3-9H2,1-2H3. The van der Waals surface area contributed by atoms with Crippen molar-refractivity contribution in [1.82, 2.24) is 5.32 Å². The van der Waals surface area contributed by atoms with E-state index in [0.717, 1.165) is 19.1 Å². The quantitative estimate of drug-likeness (QED) is 0.586. The lowest BCUT2D eigenvalue weighted by Gasteiger charge is -2.14. The molecule has 13 heavy (non-hydrogen) atoms. The lowest BCUT2D eigenvalue weighted by atomic mass is 9.99. The molecule has 0 aliphatic carbocycles. The van der Waals surface area contributed by atoms with Gasteiger partial charge in [0.15, 0.2) is 0 Å². The Kier molecular flexibility index (Phi) is 5.40. The van der Waals surface area contributed by atoms with Gasteiger partial charge in [0.05, 0.1) is 12.7 Å². The van der Waals surface area contributed by atoms with Crippen LogP contribution in [-0.4, -0.2) is 25.8 Å². The molecular weight excluding hydrogens is 162 g/mol. The maximum absolute atomic E-state index is 5.14. The van der Waals surface area contributed by atoms with Crippen molar-refractivity contribution in [3.05, 3.63) is 0 Å². The fraction of sp³-hybridized carbons (Fsp3) is 1.00. The van der Waals surface area contributed by atoms with Crippen LogP contribution in [-0.2, 0) is 4.74 Å². The Hall–Kier alpha value is -0.0800. The molecule has 1 fully saturated rings. The van der Waals surface area contributed by atoms with Crippen LogP contribution in [0, 0.1) is 5.92 Å². The van der Waals surface area contributed by atoms with Crippen molar-refractivity contribution in [3.8, 4) is 0 Å². The zero-order valence-corrected chi connectivity index (χ0v) is 9.01. The Morgan fingerprint density at radius 2 is 2.23 bits per heavy atom. The first-order chi connectivity index (χ1) is 6.36. The Morgan fingerprint density at radius 1 is 1.46 bits per heavy atom. The van der Waals surface area contributed by atoms with Crippen LogP contribution >= 0.6 is 0 Å². The van der Waals surface area contributed by atoms with E-state index in [4.69, 9.17) is 4.74 Å². The van der Waals surface area contributed by atoms with E-state index in [1.807, 2.05) is 0 Å². The van der Waals surface area contributed by atoms with Gasteiger partial charge in [-0.15, -0.1) is 0 Å². The van der Waals surface area contributed by atoms with E-state index in [1.54, 1.807) is 0 Å². The van der Waals surface area contributed by atoms with Gasteiger partial charge in [-0.25, -0.2) is 0 Å². The van der Waals surface area contributed by atoms with Gasteiger partial charge >= 0.3 is 0 Å². The van der Waals surface area contributed by atoms with Crippen LogP contribution in [0.1, 0.15) is 39.5 Å². The minimum atomic E-state index is 0.531. The minimum Gasteiger partial charge on any atom is -0.372 e. The lowest BCUT2D eigenvalue weighted by Crippen LogP contribution is -2.26. The molecule has 0 saturated carbocycles. The van der Waals surface area contributed by atoms with Gasteiger partial charge in [0.1, 0.15) is 0 Å². The summed E-state index contributed by atoms with van der Waals surface area (Å²) in [4.78, 5) is 0. The van der Waals surface area contributed by atoms with Crippen LogP contribution in [0.25, 0.3) is 0 Å². The average Bonchev–Trinajstić information content (AvgIpc) is 2.94. The molecule has 1 saturated heterocycles. The zero-order chi connectivity index (χ0) is 9.52. The highest BCUT2D eigenvalue weighted by molar-refractivity contribution is 4.72. The molecule has 1 N–H and O–H groups in total. The molecular formula is C11H23NO. The van der Waals surface area contributed by atoms with Crippen LogP contribution in [0.5, 0.6) is 0 Å². The predicted molar refractivity (Wildman–Crippen MR) is 55.9 cm³/mol. The van der Waals surface area contributed by atoms with Crippen molar-refractivity contribution < 1.29 is 4.74 Å². The molecule has 0 aromatic carbocycles. The van der Waals surface area contributed by atoms with Gasteiger partial charge < -0.3 is 10.1 Å². The molecule has 0 amide bonds. The molecule has 0 radical (unpaired) electrons. The van der Waals surface area contributed by atoms with Crippen molar-refractivity contribution in [1.29, 1.82) is 0 Å². The van der Waals surface area contributed by atoms with E-state index < -0.39 is 0 Å². The summed E-state index contributed by atoms with van der Waals surface area (Å²) < 4.78 is 5.14. The highest BCUT2D eigenvalue weighted by Crippen LogP contribution is 2.12. The Morgan fingerprint density at radius 3 is 2.77 bits per heavy atom. The van der Waals surface area contributed by atoms with Crippen molar-refractivity contribution in [2.75, 3.05) is 19.7 Å². The predicted octanol–water partition coefficient (Wildman–Crippen LogP) is 2.19. The lowest BCUT2D eigenvalue weighted by molar-refractivity contribution is 0.373. The summed E-state index contributed by atoms with van der Waals surface area (Å²) in [6.45, 7) is 7.76. The van der Waals surface area contributed by atoms with Crippen LogP contribution < -0.4 is 5.32 Å². The third kappa shape index (κ3) is 5.27. The van der Waals surface area contributed by atoms with Crippen molar-refractivity contribution in [2.24, 2.45) is 5.92 Å². The molecule has 78 valence electrons.